The Bertz CT molecular complexity index is 442. The van der Waals surface area contributed by atoms with Crippen LogP contribution in [0, 0.1) is 6.92 Å². The summed E-state index contributed by atoms with van der Waals surface area (Å²) in [5.74, 6) is 0.0810. The van der Waals surface area contributed by atoms with Crippen LogP contribution in [0.3, 0.4) is 0 Å². The Kier molecular flexibility index (Phi) is 6.70. The largest absolute Gasteiger partial charge is 0.378 e. The van der Waals surface area contributed by atoms with Crippen molar-refractivity contribution in [1.82, 2.24) is 10.6 Å². The molecule has 1 saturated heterocycles. The van der Waals surface area contributed by atoms with E-state index in [-0.39, 0.29) is 5.91 Å². The Morgan fingerprint density at radius 3 is 2.86 bits per heavy atom. The molecule has 1 aliphatic rings. The second-order valence-electron chi connectivity index (χ2n) is 5.60. The van der Waals surface area contributed by atoms with Crippen molar-refractivity contribution in [3.05, 3.63) is 35.4 Å². The molecule has 0 aliphatic carbocycles. The number of hydrogen-bond donors (Lipinski definition) is 2. The molecule has 4 nitrogen and oxygen atoms in total. The fourth-order valence-electron chi connectivity index (χ4n) is 2.60. The highest BCUT2D eigenvalue weighted by molar-refractivity contribution is 5.75. The van der Waals surface area contributed by atoms with Gasteiger partial charge in [-0.15, -0.1) is 0 Å². The molecule has 1 heterocycles. The Labute approximate surface area is 127 Å². The predicted molar refractivity (Wildman–Crippen MR) is 84.4 cm³/mol. The molecular formula is C17H26N2O2. The molecule has 1 aliphatic heterocycles. The summed E-state index contributed by atoms with van der Waals surface area (Å²) in [4.78, 5) is 11.8. The van der Waals surface area contributed by atoms with Gasteiger partial charge in [0.15, 0.2) is 0 Å². The highest BCUT2D eigenvalue weighted by atomic mass is 16.5. The Hall–Kier alpha value is -1.39. The van der Waals surface area contributed by atoms with E-state index in [9.17, 15) is 4.79 Å². The molecule has 0 unspecified atom stereocenters. The normalized spacial score (nSPS) is 15.9. The molecule has 0 atom stereocenters. The molecule has 1 fully saturated rings. The number of benzene rings is 1. The summed E-state index contributed by atoms with van der Waals surface area (Å²) in [7, 11) is 0. The van der Waals surface area contributed by atoms with Crippen LogP contribution in [0.5, 0.6) is 0 Å². The Morgan fingerprint density at radius 1 is 1.33 bits per heavy atom. The third-order valence-corrected chi connectivity index (χ3v) is 3.95. The monoisotopic (exact) mass is 290 g/mol. The van der Waals surface area contributed by atoms with E-state index < -0.39 is 0 Å². The van der Waals surface area contributed by atoms with Crippen LogP contribution in [0.4, 0.5) is 0 Å². The quantitative estimate of drug-likeness (QED) is 0.805. The molecule has 1 aromatic carbocycles. The van der Waals surface area contributed by atoms with Crippen LogP contribution in [-0.2, 0) is 16.0 Å². The molecule has 116 valence electrons. The van der Waals surface area contributed by atoms with Gasteiger partial charge >= 0.3 is 0 Å². The molecule has 0 radical (unpaired) electrons. The minimum atomic E-state index is 0.0810. The highest BCUT2D eigenvalue weighted by Gasteiger charge is 2.13. The molecule has 4 heteroatoms. The first-order chi connectivity index (χ1) is 10.3. The van der Waals surface area contributed by atoms with Crippen molar-refractivity contribution in [2.24, 2.45) is 0 Å². The van der Waals surface area contributed by atoms with Gasteiger partial charge in [0.1, 0.15) is 0 Å². The van der Waals surface area contributed by atoms with Crippen LogP contribution >= 0.6 is 0 Å². The SMILES string of the molecule is Cc1ccccc1CCNC(=O)CCOC1CCNCC1. The molecule has 0 aromatic heterocycles. The van der Waals surface area contributed by atoms with E-state index in [2.05, 4.69) is 29.7 Å². The summed E-state index contributed by atoms with van der Waals surface area (Å²) in [6, 6.07) is 8.29. The van der Waals surface area contributed by atoms with Crippen LogP contribution in [0.15, 0.2) is 24.3 Å². The van der Waals surface area contributed by atoms with E-state index in [0.717, 1.165) is 32.4 Å². The predicted octanol–water partition coefficient (Wildman–Crippen LogP) is 1.81. The number of ether oxygens (including phenoxy) is 1. The smallest absolute Gasteiger partial charge is 0.222 e. The van der Waals surface area contributed by atoms with E-state index in [4.69, 9.17) is 4.74 Å². The van der Waals surface area contributed by atoms with E-state index in [0.29, 0.717) is 25.7 Å². The maximum Gasteiger partial charge on any atom is 0.222 e. The third kappa shape index (κ3) is 5.86. The van der Waals surface area contributed by atoms with E-state index in [1.807, 2.05) is 12.1 Å². The molecular weight excluding hydrogens is 264 g/mol. The topological polar surface area (TPSA) is 50.4 Å². The average Bonchev–Trinajstić information content (AvgIpc) is 2.50. The van der Waals surface area contributed by atoms with Gasteiger partial charge in [0.05, 0.1) is 12.7 Å². The van der Waals surface area contributed by atoms with Crippen molar-refractivity contribution in [3.63, 3.8) is 0 Å². The minimum Gasteiger partial charge on any atom is -0.378 e. The van der Waals surface area contributed by atoms with Crippen LogP contribution in [0.2, 0.25) is 0 Å². The minimum absolute atomic E-state index is 0.0810. The number of aryl methyl sites for hydroxylation is 1. The van der Waals surface area contributed by atoms with Gasteiger partial charge in [-0.2, -0.15) is 0 Å². The van der Waals surface area contributed by atoms with Gasteiger partial charge in [0.2, 0.25) is 5.91 Å². The molecule has 0 spiro atoms. The number of carbonyl (C=O) groups excluding carboxylic acids is 1. The lowest BCUT2D eigenvalue weighted by atomic mass is 10.1. The summed E-state index contributed by atoms with van der Waals surface area (Å²) in [6.07, 6.45) is 3.76. The number of amides is 1. The van der Waals surface area contributed by atoms with E-state index >= 15 is 0 Å². The van der Waals surface area contributed by atoms with E-state index in [1.54, 1.807) is 0 Å². The van der Waals surface area contributed by atoms with Crippen molar-refractivity contribution in [2.75, 3.05) is 26.2 Å². The Morgan fingerprint density at radius 2 is 2.10 bits per heavy atom. The maximum absolute atomic E-state index is 11.8. The zero-order chi connectivity index (χ0) is 14.9. The number of hydrogen-bond acceptors (Lipinski definition) is 3. The first-order valence-corrected chi connectivity index (χ1v) is 7.89. The fraction of sp³-hybridized carbons (Fsp3) is 0.588. The second kappa shape index (κ2) is 8.80. The lowest BCUT2D eigenvalue weighted by Gasteiger charge is -2.22. The summed E-state index contributed by atoms with van der Waals surface area (Å²) in [5.41, 5.74) is 2.57. The van der Waals surface area contributed by atoms with Gasteiger partial charge in [0.25, 0.3) is 0 Å². The summed E-state index contributed by atoms with van der Waals surface area (Å²) in [5, 5.41) is 6.27. The van der Waals surface area contributed by atoms with E-state index in [1.165, 1.54) is 11.1 Å². The second-order valence-corrected chi connectivity index (χ2v) is 5.60. The Balaban J connectivity index is 1.56. The summed E-state index contributed by atoms with van der Waals surface area (Å²) < 4.78 is 5.74. The molecule has 0 saturated carbocycles. The van der Waals surface area contributed by atoms with Crippen LogP contribution in [0.1, 0.15) is 30.4 Å². The van der Waals surface area contributed by atoms with Gasteiger partial charge < -0.3 is 15.4 Å². The molecule has 1 amide bonds. The van der Waals surface area contributed by atoms with Gasteiger partial charge in [-0.25, -0.2) is 0 Å². The molecule has 2 rings (SSSR count). The van der Waals surface area contributed by atoms with Crippen LogP contribution in [-0.4, -0.2) is 38.3 Å². The van der Waals surface area contributed by atoms with Gasteiger partial charge in [-0.3, -0.25) is 4.79 Å². The summed E-state index contributed by atoms with van der Waals surface area (Å²) in [6.45, 7) is 5.36. The van der Waals surface area contributed by atoms with Crippen molar-refractivity contribution in [1.29, 1.82) is 0 Å². The third-order valence-electron chi connectivity index (χ3n) is 3.95. The number of rotatable bonds is 7. The average molecular weight is 290 g/mol. The standard InChI is InChI=1S/C17H26N2O2/c1-14-4-2-3-5-15(14)6-12-19-17(20)9-13-21-16-7-10-18-11-8-16/h2-5,16,18H,6-13H2,1H3,(H,19,20). The maximum atomic E-state index is 11.8. The van der Waals surface area contributed by atoms with Crippen molar-refractivity contribution in [2.45, 2.75) is 38.7 Å². The van der Waals surface area contributed by atoms with Gasteiger partial charge in [0, 0.05) is 13.0 Å². The first kappa shape index (κ1) is 16.0. The van der Waals surface area contributed by atoms with Crippen LogP contribution in [0.25, 0.3) is 0 Å². The first-order valence-electron chi connectivity index (χ1n) is 7.89. The van der Waals surface area contributed by atoms with Gasteiger partial charge in [-0.1, -0.05) is 24.3 Å². The highest BCUT2D eigenvalue weighted by Crippen LogP contribution is 2.08. The molecule has 21 heavy (non-hydrogen) atoms. The van der Waals surface area contributed by atoms with Gasteiger partial charge in [-0.05, 0) is 50.4 Å². The number of nitrogens with one attached hydrogen (secondary N) is 2. The molecule has 2 N–H and O–H groups in total. The van der Waals surface area contributed by atoms with Crippen LogP contribution < -0.4 is 10.6 Å². The summed E-state index contributed by atoms with van der Waals surface area (Å²) >= 11 is 0. The van der Waals surface area contributed by atoms with Crippen molar-refractivity contribution >= 4 is 5.91 Å². The number of piperidine rings is 1. The lowest BCUT2D eigenvalue weighted by molar-refractivity contribution is -0.122. The van der Waals surface area contributed by atoms with Crippen molar-refractivity contribution < 1.29 is 9.53 Å². The number of carbonyl (C=O) groups is 1. The molecule has 1 aromatic rings. The fourth-order valence-corrected chi connectivity index (χ4v) is 2.60. The van der Waals surface area contributed by atoms with Crippen molar-refractivity contribution in [3.8, 4) is 0 Å². The zero-order valence-electron chi connectivity index (χ0n) is 12.9. The zero-order valence-corrected chi connectivity index (χ0v) is 12.9. The molecule has 0 bridgehead atoms. The lowest BCUT2D eigenvalue weighted by Crippen LogP contribution is -2.33.